The van der Waals surface area contributed by atoms with Crippen molar-refractivity contribution in [3.63, 3.8) is 0 Å². The minimum absolute atomic E-state index is 0.640. The maximum absolute atomic E-state index is 11.2. The summed E-state index contributed by atoms with van der Waals surface area (Å²) in [7, 11) is 0. The van der Waals surface area contributed by atoms with Gasteiger partial charge in [0.25, 0.3) is 0 Å². The van der Waals surface area contributed by atoms with Crippen LogP contribution >= 0.6 is 0 Å². The Morgan fingerprint density at radius 3 is 2.53 bits per heavy atom. The van der Waals surface area contributed by atoms with Gasteiger partial charge >= 0.3 is 0 Å². The fourth-order valence-electron chi connectivity index (χ4n) is 2.71. The highest BCUT2D eigenvalue weighted by molar-refractivity contribution is 5.84. The molecule has 0 saturated heterocycles. The quantitative estimate of drug-likeness (QED) is 0.729. The van der Waals surface area contributed by atoms with Gasteiger partial charge in [-0.05, 0) is 29.7 Å². The van der Waals surface area contributed by atoms with Gasteiger partial charge in [0, 0.05) is 17.1 Å². The highest BCUT2D eigenvalue weighted by Gasteiger charge is 2.30. The van der Waals surface area contributed by atoms with Gasteiger partial charge in [-0.25, -0.2) is 0 Å². The topological polar surface area (TPSA) is 36.0 Å². The molecule has 1 aromatic heterocycles. The van der Waals surface area contributed by atoms with Crippen LogP contribution in [0.1, 0.15) is 24.5 Å². The molecular formula is C17H17NO. The van der Waals surface area contributed by atoms with Gasteiger partial charge in [-0.3, -0.25) is 0 Å². The van der Waals surface area contributed by atoms with Crippen LogP contribution < -0.4 is 0 Å². The van der Waals surface area contributed by atoms with E-state index in [-0.39, 0.29) is 0 Å². The summed E-state index contributed by atoms with van der Waals surface area (Å²) in [5.41, 5.74) is 2.01. The van der Waals surface area contributed by atoms with Gasteiger partial charge in [0.2, 0.25) is 0 Å². The van der Waals surface area contributed by atoms with E-state index in [1.807, 2.05) is 67.7 Å². The van der Waals surface area contributed by atoms with Crippen LogP contribution in [0, 0.1) is 0 Å². The van der Waals surface area contributed by atoms with Crippen LogP contribution in [0.25, 0.3) is 10.9 Å². The first-order valence-electron chi connectivity index (χ1n) is 6.60. The predicted molar refractivity (Wildman–Crippen MR) is 78.0 cm³/mol. The molecule has 3 rings (SSSR count). The Kier molecular flexibility index (Phi) is 2.88. The molecule has 0 aliphatic carbocycles. The monoisotopic (exact) mass is 251 g/mol. The fraction of sp³-hybridized carbons (Fsp3) is 0.176. The van der Waals surface area contributed by atoms with Gasteiger partial charge in [-0.15, -0.1) is 0 Å². The molecule has 96 valence electrons. The van der Waals surface area contributed by atoms with E-state index in [1.165, 1.54) is 0 Å². The average molecular weight is 251 g/mol. The second kappa shape index (κ2) is 4.56. The molecule has 0 fully saturated rings. The van der Waals surface area contributed by atoms with Gasteiger partial charge in [0.1, 0.15) is 5.60 Å². The largest absolute Gasteiger partial charge is 0.380 e. The Morgan fingerprint density at radius 1 is 1.00 bits per heavy atom. The van der Waals surface area contributed by atoms with Gasteiger partial charge in [-0.1, -0.05) is 49.4 Å². The molecule has 0 spiro atoms. The van der Waals surface area contributed by atoms with Crippen LogP contribution in [-0.2, 0) is 5.60 Å². The zero-order valence-corrected chi connectivity index (χ0v) is 10.9. The van der Waals surface area contributed by atoms with Crippen molar-refractivity contribution in [1.82, 2.24) is 4.98 Å². The van der Waals surface area contributed by atoms with Crippen molar-refractivity contribution in [3.05, 3.63) is 71.9 Å². The zero-order chi connectivity index (χ0) is 13.3. The third kappa shape index (κ3) is 1.85. The number of H-pyrrole nitrogens is 1. The summed E-state index contributed by atoms with van der Waals surface area (Å²) < 4.78 is 0. The van der Waals surface area contributed by atoms with Crippen molar-refractivity contribution >= 4 is 10.9 Å². The van der Waals surface area contributed by atoms with E-state index in [4.69, 9.17) is 0 Å². The van der Waals surface area contributed by atoms with Crippen LogP contribution in [0.4, 0.5) is 0 Å². The molecule has 0 bridgehead atoms. The van der Waals surface area contributed by atoms with Gasteiger partial charge in [0.05, 0.1) is 0 Å². The van der Waals surface area contributed by atoms with Crippen molar-refractivity contribution < 1.29 is 5.11 Å². The number of hydrogen-bond donors (Lipinski definition) is 2. The molecule has 1 heterocycles. The van der Waals surface area contributed by atoms with Crippen LogP contribution in [-0.4, -0.2) is 10.1 Å². The maximum Gasteiger partial charge on any atom is 0.115 e. The standard InChI is InChI=1S/C17H17NO/c1-2-17(19,13-7-4-3-5-8-13)15-9-6-10-16-14(15)11-12-18-16/h3-12,18-19H,2H2,1H3. The summed E-state index contributed by atoms with van der Waals surface area (Å²) in [6.07, 6.45) is 2.55. The normalized spacial score (nSPS) is 14.4. The van der Waals surface area contributed by atoms with Gasteiger partial charge in [-0.2, -0.15) is 0 Å². The van der Waals surface area contributed by atoms with E-state index in [9.17, 15) is 5.11 Å². The lowest BCUT2D eigenvalue weighted by Crippen LogP contribution is -2.26. The minimum Gasteiger partial charge on any atom is -0.380 e. The van der Waals surface area contributed by atoms with Crippen LogP contribution in [0.5, 0.6) is 0 Å². The van der Waals surface area contributed by atoms with Crippen molar-refractivity contribution in [2.75, 3.05) is 0 Å². The molecule has 0 saturated carbocycles. The first-order valence-corrected chi connectivity index (χ1v) is 6.60. The molecule has 1 atom stereocenters. The third-order valence-electron chi connectivity index (χ3n) is 3.80. The molecule has 3 aromatic rings. The molecule has 0 amide bonds. The van der Waals surface area contributed by atoms with Crippen molar-refractivity contribution in [2.45, 2.75) is 18.9 Å². The second-order valence-corrected chi connectivity index (χ2v) is 4.82. The summed E-state index contributed by atoms with van der Waals surface area (Å²) in [4.78, 5) is 3.20. The molecule has 1 unspecified atom stereocenters. The van der Waals surface area contributed by atoms with Gasteiger partial charge < -0.3 is 10.1 Å². The molecule has 2 nitrogen and oxygen atoms in total. The summed E-state index contributed by atoms with van der Waals surface area (Å²) in [5, 5.41) is 12.2. The summed E-state index contributed by atoms with van der Waals surface area (Å²) in [5.74, 6) is 0. The molecule has 0 radical (unpaired) electrons. The molecule has 2 N–H and O–H groups in total. The molecular weight excluding hydrogens is 234 g/mol. The number of aromatic amines is 1. The van der Waals surface area contributed by atoms with Crippen molar-refractivity contribution in [3.8, 4) is 0 Å². The molecule has 2 aromatic carbocycles. The number of rotatable bonds is 3. The van der Waals surface area contributed by atoms with Crippen LogP contribution in [0.3, 0.4) is 0 Å². The van der Waals surface area contributed by atoms with E-state index >= 15 is 0 Å². The summed E-state index contributed by atoms with van der Waals surface area (Å²) in [6.45, 7) is 2.01. The molecule has 0 aliphatic rings. The lowest BCUT2D eigenvalue weighted by Gasteiger charge is -2.28. The SMILES string of the molecule is CCC(O)(c1ccccc1)c1cccc2[nH]ccc12. The van der Waals surface area contributed by atoms with Crippen molar-refractivity contribution in [2.24, 2.45) is 0 Å². The number of hydrogen-bond acceptors (Lipinski definition) is 1. The van der Waals surface area contributed by atoms with Crippen LogP contribution in [0.15, 0.2) is 60.8 Å². The Bertz CT molecular complexity index is 687. The molecule has 19 heavy (non-hydrogen) atoms. The number of aromatic nitrogens is 1. The third-order valence-corrected chi connectivity index (χ3v) is 3.80. The molecule has 2 heteroatoms. The fourth-order valence-corrected chi connectivity index (χ4v) is 2.71. The summed E-state index contributed by atoms with van der Waals surface area (Å²) in [6, 6.07) is 17.9. The Hall–Kier alpha value is -2.06. The van der Waals surface area contributed by atoms with E-state index < -0.39 is 5.60 Å². The highest BCUT2D eigenvalue weighted by Crippen LogP contribution is 2.36. The number of fused-ring (bicyclic) bond motifs is 1. The smallest absolute Gasteiger partial charge is 0.115 e. The van der Waals surface area contributed by atoms with Gasteiger partial charge in [0.15, 0.2) is 0 Å². The lowest BCUT2D eigenvalue weighted by molar-refractivity contribution is 0.0781. The first kappa shape index (κ1) is 12.0. The lowest BCUT2D eigenvalue weighted by atomic mass is 9.82. The Labute approximate surface area is 112 Å². The predicted octanol–water partition coefficient (Wildman–Crippen LogP) is 3.81. The minimum atomic E-state index is -0.942. The summed E-state index contributed by atoms with van der Waals surface area (Å²) >= 11 is 0. The van der Waals surface area contributed by atoms with E-state index in [1.54, 1.807) is 0 Å². The zero-order valence-electron chi connectivity index (χ0n) is 10.9. The Morgan fingerprint density at radius 2 is 1.79 bits per heavy atom. The number of benzene rings is 2. The van der Waals surface area contributed by atoms with E-state index in [0.29, 0.717) is 6.42 Å². The van der Waals surface area contributed by atoms with E-state index in [2.05, 4.69) is 4.98 Å². The van der Waals surface area contributed by atoms with E-state index in [0.717, 1.165) is 22.0 Å². The number of nitrogens with one attached hydrogen (secondary N) is 1. The Balaban J connectivity index is 2.25. The van der Waals surface area contributed by atoms with Crippen molar-refractivity contribution in [1.29, 1.82) is 0 Å². The molecule has 0 aliphatic heterocycles. The second-order valence-electron chi connectivity index (χ2n) is 4.82. The highest BCUT2D eigenvalue weighted by atomic mass is 16.3. The van der Waals surface area contributed by atoms with Crippen LogP contribution in [0.2, 0.25) is 0 Å². The first-order chi connectivity index (χ1) is 9.25. The maximum atomic E-state index is 11.2. The number of aliphatic hydroxyl groups is 1. The average Bonchev–Trinajstić information content (AvgIpc) is 2.95.